The van der Waals surface area contributed by atoms with Crippen molar-refractivity contribution in [3.8, 4) is 0 Å². The Morgan fingerprint density at radius 1 is 0.926 bits per heavy atom. The van der Waals surface area contributed by atoms with Gasteiger partial charge in [0.25, 0.3) is 0 Å². The number of nitrogens with zero attached hydrogens (tertiary/aromatic N) is 1. The number of sulfonamides is 1. The molecule has 1 aromatic carbocycles. The molecule has 1 saturated carbocycles. The highest BCUT2D eigenvalue weighted by atomic mass is 79.9. The second-order valence-electron chi connectivity index (χ2n) is 7.19. The number of benzene rings is 1. The fourth-order valence-electron chi connectivity index (χ4n) is 3.65. The molecular formula is C17H21BrFNO6S. The third-order valence-electron chi connectivity index (χ3n) is 5.30. The van der Waals surface area contributed by atoms with Crippen molar-refractivity contribution in [3.05, 3.63) is 28.5 Å². The molecule has 3 fully saturated rings. The SMILES string of the molecule is O=S(=O)(c1ccc(Br)cc1F)N1CCC2(CC1)OOC1(CCCCC1)OO2. The summed E-state index contributed by atoms with van der Waals surface area (Å²) < 4.78 is 41.3. The van der Waals surface area contributed by atoms with Gasteiger partial charge in [-0.25, -0.2) is 12.8 Å². The van der Waals surface area contributed by atoms with Crippen LogP contribution in [0.25, 0.3) is 0 Å². The fraction of sp³-hybridized carbons (Fsp3) is 0.647. The highest BCUT2D eigenvalue weighted by Crippen LogP contribution is 2.42. The summed E-state index contributed by atoms with van der Waals surface area (Å²) >= 11 is 3.13. The Labute approximate surface area is 165 Å². The molecule has 0 aromatic heterocycles. The molecule has 0 bridgehead atoms. The third-order valence-corrected chi connectivity index (χ3v) is 7.73. The first-order valence-corrected chi connectivity index (χ1v) is 11.3. The molecule has 7 nitrogen and oxygen atoms in total. The van der Waals surface area contributed by atoms with Crippen LogP contribution in [0.3, 0.4) is 0 Å². The van der Waals surface area contributed by atoms with Gasteiger partial charge in [-0.05, 0) is 31.0 Å². The largest absolute Gasteiger partial charge is 0.245 e. The first-order chi connectivity index (χ1) is 12.8. The summed E-state index contributed by atoms with van der Waals surface area (Å²) in [6.45, 7) is 0.217. The lowest BCUT2D eigenvalue weighted by atomic mass is 9.94. The van der Waals surface area contributed by atoms with Crippen LogP contribution in [-0.2, 0) is 29.6 Å². The molecule has 1 aliphatic carbocycles. The zero-order chi connectivity index (χ0) is 19.1. The van der Waals surface area contributed by atoms with E-state index in [1.165, 1.54) is 16.4 Å². The Hall–Kier alpha value is -0.620. The van der Waals surface area contributed by atoms with E-state index in [1.807, 2.05) is 0 Å². The molecule has 2 spiro atoms. The van der Waals surface area contributed by atoms with Crippen LogP contribution in [0.5, 0.6) is 0 Å². The van der Waals surface area contributed by atoms with Crippen molar-refractivity contribution >= 4 is 26.0 Å². The van der Waals surface area contributed by atoms with E-state index in [1.54, 1.807) is 0 Å². The van der Waals surface area contributed by atoms with Gasteiger partial charge in [-0.1, -0.05) is 22.4 Å². The minimum absolute atomic E-state index is 0.109. The quantitative estimate of drug-likeness (QED) is 0.620. The molecule has 27 heavy (non-hydrogen) atoms. The molecule has 0 amide bonds. The highest BCUT2D eigenvalue weighted by molar-refractivity contribution is 9.10. The number of hydrogen-bond donors (Lipinski definition) is 0. The predicted octanol–water partition coefficient (Wildman–Crippen LogP) is 3.64. The Morgan fingerprint density at radius 3 is 2.04 bits per heavy atom. The summed E-state index contributed by atoms with van der Waals surface area (Å²) in [4.78, 5) is 21.9. The molecular weight excluding hydrogens is 445 g/mol. The Kier molecular flexibility index (Phi) is 5.34. The van der Waals surface area contributed by atoms with Crippen LogP contribution in [0, 0.1) is 5.82 Å². The van der Waals surface area contributed by atoms with Gasteiger partial charge in [-0.3, -0.25) is 0 Å². The van der Waals surface area contributed by atoms with Crippen LogP contribution in [0.15, 0.2) is 27.6 Å². The molecule has 10 heteroatoms. The van der Waals surface area contributed by atoms with Crippen molar-refractivity contribution in [2.45, 2.75) is 61.4 Å². The van der Waals surface area contributed by atoms with Gasteiger partial charge < -0.3 is 0 Å². The maximum atomic E-state index is 14.1. The molecule has 2 aliphatic heterocycles. The smallest absolute Gasteiger partial charge is 0.207 e. The zero-order valence-corrected chi connectivity index (χ0v) is 17.1. The van der Waals surface area contributed by atoms with Crippen LogP contribution < -0.4 is 0 Å². The maximum absolute atomic E-state index is 14.1. The summed E-state index contributed by atoms with van der Waals surface area (Å²) in [5, 5.41) is 0. The molecule has 2 saturated heterocycles. The van der Waals surface area contributed by atoms with Crippen molar-refractivity contribution in [2.24, 2.45) is 0 Å². The standard InChI is InChI=1S/C17H21BrFNO6S/c18-13-4-5-15(14(19)12-13)27(21,22)20-10-8-17(9-11-20)25-23-16(24-26-17)6-2-1-3-7-16/h4-5,12H,1-3,6-11H2. The third kappa shape index (κ3) is 3.81. The topological polar surface area (TPSA) is 74.3 Å². The van der Waals surface area contributed by atoms with Crippen molar-refractivity contribution < 1.29 is 32.4 Å². The number of rotatable bonds is 2. The van der Waals surface area contributed by atoms with Crippen molar-refractivity contribution in [3.63, 3.8) is 0 Å². The summed E-state index contributed by atoms with van der Waals surface area (Å²) in [6, 6.07) is 3.89. The summed E-state index contributed by atoms with van der Waals surface area (Å²) in [6.07, 6.45) is 4.92. The average Bonchev–Trinajstić information content (AvgIpc) is 2.66. The molecule has 1 aromatic rings. The average molecular weight is 466 g/mol. The van der Waals surface area contributed by atoms with Gasteiger partial charge in [-0.15, -0.1) is 0 Å². The number of piperidine rings is 1. The lowest BCUT2D eigenvalue weighted by Crippen LogP contribution is -2.56. The molecule has 0 atom stereocenters. The van der Waals surface area contributed by atoms with Gasteiger partial charge in [0.15, 0.2) is 0 Å². The lowest BCUT2D eigenvalue weighted by molar-refractivity contribution is -0.662. The second-order valence-corrected chi connectivity index (χ2v) is 10.0. The number of halogens is 2. The molecule has 2 heterocycles. The van der Waals surface area contributed by atoms with E-state index in [2.05, 4.69) is 15.9 Å². The first-order valence-electron chi connectivity index (χ1n) is 9.03. The van der Waals surface area contributed by atoms with Gasteiger partial charge in [0.05, 0.1) is 0 Å². The summed E-state index contributed by atoms with van der Waals surface area (Å²) in [7, 11) is -3.95. The van der Waals surface area contributed by atoms with E-state index >= 15 is 0 Å². The van der Waals surface area contributed by atoms with Crippen LogP contribution in [0.1, 0.15) is 44.9 Å². The zero-order valence-electron chi connectivity index (χ0n) is 14.7. The summed E-state index contributed by atoms with van der Waals surface area (Å²) in [5.74, 6) is -2.78. The van der Waals surface area contributed by atoms with Gasteiger partial charge >= 0.3 is 0 Å². The van der Waals surface area contributed by atoms with E-state index < -0.39 is 27.4 Å². The molecule has 3 aliphatic rings. The van der Waals surface area contributed by atoms with E-state index in [9.17, 15) is 12.8 Å². The van der Waals surface area contributed by atoms with Crippen LogP contribution in [0.4, 0.5) is 4.39 Å². The number of hydrogen-bond acceptors (Lipinski definition) is 6. The molecule has 0 radical (unpaired) electrons. The minimum Gasteiger partial charge on any atom is -0.207 e. The van der Waals surface area contributed by atoms with Crippen molar-refractivity contribution in [1.29, 1.82) is 0 Å². The van der Waals surface area contributed by atoms with Crippen LogP contribution >= 0.6 is 15.9 Å². The Balaban J connectivity index is 1.41. The Morgan fingerprint density at radius 2 is 1.48 bits per heavy atom. The van der Waals surface area contributed by atoms with Gasteiger partial charge in [0.1, 0.15) is 10.7 Å². The normalized spacial score (nSPS) is 25.7. The Bertz CT molecular complexity index is 794. The monoisotopic (exact) mass is 465 g/mol. The minimum atomic E-state index is -3.95. The van der Waals surface area contributed by atoms with Crippen molar-refractivity contribution in [1.82, 2.24) is 4.31 Å². The molecule has 4 rings (SSSR count). The second kappa shape index (κ2) is 7.33. The lowest BCUT2D eigenvalue weighted by Gasteiger charge is -2.46. The summed E-state index contributed by atoms with van der Waals surface area (Å²) in [5.41, 5.74) is 0. The van der Waals surface area contributed by atoms with Crippen molar-refractivity contribution in [2.75, 3.05) is 13.1 Å². The highest BCUT2D eigenvalue weighted by Gasteiger charge is 2.51. The molecule has 150 valence electrons. The molecule has 0 unspecified atom stereocenters. The van der Waals surface area contributed by atoms with E-state index in [-0.39, 0.29) is 30.8 Å². The predicted molar refractivity (Wildman–Crippen MR) is 95.0 cm³/mol. The van der Waals surface area contributed by atoms with Crippen LogP contribution in [0.2, 0.25) is 0 Å². The van der Waals surface area contributed by atoms with E-state index in [0.29, 0.717) is 17.3 Å². The van der Waals surface area contributed by atoms with Gasteiger partial charge in [0.2, 0.25) is 21.6 Å². The fourth-order valence-corrected chi connectivity index (χ4v) is 5.47. The van der Waals surface area contributed by atoms with Crippen LogP contribution in [-0.4, -0.2) is 37.4 Å². The van der Waals surface area contributed by atoms with E-state index in [0.717, 1.165) is 25.3 Å². The molecule has 0 N–H and O–H groups in total. The van der Waals surface area contributed by atoms with E-state index in [4.69, 9.17) is 19.6 Å². The first kappa shape index (κ1) is 19.7. The van der Waals surface area contributed by atoms with Gasteiger partial charge in [-0.2, -0.15) is 23.9 Å². The maximum Gasteiger partial charge on any atom is 0.245 e. The van der Waals surface area contributed by atoms with Gasteiger partial charge in [0, 0.05) is 43.2 Å².